The van der Waals surface area contributed by atoms with E-state index in [9.17, 15) is 4.79 Å². The van der Waals surface area contributed by atoms with Crippen LogP contribution in [0.3, 0.4) is 0 Å². The van der Waals surface area contributed by atoms with Crippen molar-refractivity contribution in [1.82, 2.24) is 15.3 Å². The van der Waals surface area contributed by atoms with Crippen LogP contribution in [0.1, 0.15) is 42.5 Å². The van der Waals surface area contributed by atoms with Gasteiger partial charge in [0.05, 0.1) is 11.1 Å². The van der Waals surface area contributed by atoms with Crippen LogP contribution < -0.4 is 15.5 Å². The van der Waals surface area contributed by atoms with Crippen LogP contribution in [0.2, 0.25) is 0 Å². The molecular weight excluding hydrogens is 466 g/mol. The second-order valence-corrected chi connectivity index (χ2v) is 10.1. The number of anilines is 2. The molecular formula is C25H28BrN5O. The van der Waals surface area contributed by atoms with E-state index in [-0.39, 0.29) is 17.4 Å². The quantitative estimate of drug-likeness (QED) is 0.523. The predicted octanol–water partition coefficient (Wildman–Crippen LogP) is 5.00. The molecule has 1 spiro atoms. The maximum atomic E-state index is 12.7. The van der Waals surface area contributed by atoms with Gasteiger partial charge in [0, 0.05) is 36.0 Å². The summed E-state index contributed by atoms with van der Waals surface area (Å²) in [7, 11) is 4.02. The lowest BCUT2D eigenvalue weighted by molar-refractivity contribution is 0.0941. The molecule has 2 aliphatic carbocycles. The first-order chi connectivity index (χ1) is 15.4. The summed E-state index contributed by atoms with van der Waals surface area (Å²) in [6, 6.07) is 16.4. The van der Waals surface area contributed by atoms with Gasteiger partial charge in [0.15, 0.2) is 0 Å². The number of hydrogen-bond donors (Lipinski definition) is 2. The predicted molar refractivity (Wildman–Crippen MR) is 132 cm³/mol. The maximum absolute atomic E-state index is 12.7. The molecule has 1 atom stereocenters. The van der Waals surface area contributed by atoms with Crippen molar-refractivity contribution in [2.24, 2.45) is 5.41 Å². The minimum atomic E-state index is 0.0142. The average molecular weight is 494 g/mol. The van der Waals surface area contributed by atoms with Crippen LogP contribution in [0.25, 0.3) is 10.9 Å². The minimum Gasteiger partial charge on any atom is -0.362 e. The Morgan fingerprint density at radius 1 is 1.06 bits per heavy atom. The monoisotopic (exact) mass is 493 g/mol. The smallest absolute Gasteiger partial charge is 0.252 e. The van der Waals surface area contributed by atoms with Gasteiger partial charge in [0.2, 0.25) is 5.95 Å². The van der Waals surface area contributed by atoms with Crippen LogP contribution >= 0.6 is 15.9 Å². The summed E-state index contributed by atoms with van der Waals surface area (Å²) in [6.45, 7) is 0. The maximum Gasteiger partial charge on any atom is 0.252 e. The number of para-hydroxylation sites is 1. The summed E-state index contributed by atoms with van der Waals surface area (Å²) in [6.07, 6.45) is 5.43. The zero-order valence-electron chi connectivity index (χ0n) is 18.4. The van der Waals surface area contributed by atoms with Crippen molar-refractivity contribution >= 4 is 44.5 Å². The van der Waals surface area contributed by atoms with E-state index in [4.69, 9.17) is 9.97 Å². The molecule has 0 bridgehead atoms. The fourth-order valence-electron chi connectivity index (χ4n) is 4.97. The zero-order valence-corrected chi connectivity index (χ0v) is 20.0. The molecule has 2 fully saturated rings. The number of benzene rings is 2. The summed E-state index contributed by atoms with van der Waals surface area (Å²) in [5.41, 5.74) is 1.92. The lowest BCUT2D eigenvalue weighted by atomic mass is 9.83. The molecule has 0 unspecified atom stereocenters. The third-order valence-corrected chi connectivity index (χ3v) is 7.63. The number of rotatable bonds is 5. The highest BCUT2D eigenvalue weighted by atomic mass is 79.9. The molecule has 32 heavy (non-hydrogen) atoms. The SMILES string of the molecule is CN(C)c1nc(NC2CCC3(CC2)C[C@H]3NC(=O)c2ccccc2Br)nc2ccccc12. The first-order valence-corrected chi connectivity index (χ1v) is 12.0. The second-order valence-electron chi connectivity index (χ2n) is 9.27. The zero-order chi connectivity index (χ0) is 22.3. The van der Waals surface area contributed by atoms with Crippen LogP contribution in [-0.2, 0) is 0 Å². The van der Waals surface area contributed by atoms with Crippen LogP contribution in [0, 0.1) is 5.41 Å². The molecule has 6 nitrogen and oxygen atoms in total. The Kier molecular flexibility index (Phi) is 5.53. The van der Waals surface area contributed by atoms with Gasteiger partial charge in [0.1, 0.15) is 5.82 Å². The Morgan fingerprint density at radius 3 is 2.53 bits per heavy atom. The van der Waals surface area contributed by atoms with E-state index in [1.165, 1.54) is 0 Å². The Bertz CT molecular complexity index is 1160. The Labute approximate surface area is 197 Å². The number of halogens is 1. The largest absolute Gasteiger partial charge is 0.362 e. The first-order valence-electron chi connectivity index (χ1n) is 11.2. The molecule has 7 heteroatoms. The number of nitrogens with zero attached hydrogens (tertiary/aromatic N) is 3. The standard InChI is InChI=1S/C25H28BrN5O/c1-31(2)22-18-8-4-6-10-20(18)28-24(30-22)27-16-11-13-25(14-12-16)15-21(25)29-23(32)17-7-3-5-9-19(17)26/h3-10,16,21H,11-15H2,1-2H3,(H,29,32)(H,27,28,30)/t16?,21-,25?/m1/s1. The van der Waals surface area contributed by atoms with Crippen LogP contribution in [0.4, 0.5) is 11.8 Å². The Morgan fingerprint density at radius 2 is 1.78 bits per heavy atom. The van der Waals surface area contributed by atoms with Crippen molar-refractivity contribution in [3.63, 3.8) is 0 Å². The molecule has 5 rings (SSSR count). The average Bonchev–Trinajstić information content (AvgIpc) is 3.45. The molecule has 2 aliphatic rings. The number of nitrogens with one attached hydrogen (secondary N) is 2. The second kappa shape index (κ2) is 8.35. The van der Waals surface area contributed by atoms with E-state index >= 15 is 0 Å². The van der Waals surface area contributed by atoms with Gasteiger partial charge < -0.3 is 15.5 Å². The Balaban J connectivity index is 1.21. The van der Waals surface area contributed by atoms with Crippen LogP contribution in [0.15, 0.2) is 53.0 Å². The molecule has 0 aliphatic heterocycles. The summed E-state index contributed by atoms with van der Waals surface area (Å²) in [5.74, 6) is 1.64. The van der Waals surface area contributed by atoms with Gasteiger partial charge in [0.25, 0.3) is 5.91 Å². The summed E-state index contributed by atoms with van der Waals surface area (Å²) < 4.78 is 0.840. The van der Waals surface area contributed by atoms with E-state index < -0.39 is 0 Å². The third-order valence-electron chi connectivity index (χ3n) is 6.93. The van der Waals surface area contributed by atoms with Gasteiger partial charge in [-0.15, -0.1) is 0 Å². The number of aromatic nitrogens is 2. The summed E-state index contributed by atoms with van der Waals surface area (Å²) in [4.78, 5) is 24.2. The number of fused-ring (bicyclic) bond motifs is 1. The van der Waals surface area contributed by atoms with Gasteiger partial charge in [-0.05, 0) is 77.7 Å². The van der Waals surface area contributed by atoms with E-state index in [0.29, 0.717) is 17.6 Å². The van der Waals surface area contributed by atoms with E-state index in [1.807, 2.05) is 61.5 Å². The molecule has 2 saturated carbocycles. The molecule has 3 aromatic rings. The molecule has 2 N–H and O–H groups in total. The number of carbonyl (C=O) groups is 1. The molecule has 0 saturated heterocycles. The highest BCUT2D eigenvalue weighted by Crippen LogP contribution is 2.56. The van der Waals surface area contributed by atoms with Gasteiger partial charge in [-0.25, -0.2) is 4.98 Å². The van der Waals surface area contributed by atoms with E-state index in [1.54, 1.807) is 0 Å². The fraction of sp³-hybridized carbons (Fsp3) is 0.400. The Hall–Kier alpha value is -2.67. The van der Waals surface area contributed by atoms with Gasteiger partial charge in [-0.2, -0.15) is 4.98 Å². The highest BCUT2D eigenvalue weighted by Gasteiger charge is 2.55. The van der Waals surface area contributed by atoms with Gasteiger partial charge >= 0.3 is 0 Å². The van der Waals surface area contributed by atoms with Crippen molar-refractivity contribution in [3.8, 4) is 0 Å². The van der Waals surface area contributed by atoms with Crippen molar-refractivity contribution < 1.29 is 4.79 Å². The number of hydrogen-bond acceptors (Lipinski definition) is 5. The van der Waals surface area contributed by atoms with Crippen molar-refractivity contribution in [3.05, 3.63) is 58.6 Å². The highest BCUT2D eigenvalue weighted by molar-refractivity contribution is 9.10. The molecule has 0 radical (unpaired) electrons. The minimum absolute atomic E-state index is 0.0142. The lowest BCUT2D eigenvalue weighted by Gasteiger charge is -2.30. The van der Waals surface area contributed by atoms with E-state index in [0.717, 1.165) is 53.3 Å². The molecule has 1 amide bonds. The van der Waals surface area contributed by atoms with Crippen molar-refractivity contribution in [2.45, 2.75) is 44.2 Å². The van der Waals surface area contributed by atoms with Gasteiger partial charge in [-0.1, -0.05) is 24.3 Å². The third kappa shape index (κ3) is 4.06. The lowest BCUT2D eigenvalue weighted by Crippen LogP contribution is -2.34. The van der Waals surface area contributed by atoms with Crippen molar-refractivity contribution in [2.75, 3.05) is 24.3 Å². The van der Waals surface area contributed by atoms with Gasteiger partial charge in [-0.3, -0.25) is 4.79 Å². The molecule has 1 heterocycles. The van der Waals surface area contributed by atoms with Crippen LogP contribution in [0.5, 0.6) is 0 Å². The van der Waals surface area contributed by atoms with Crippen LogP contribution in [-0.4, -0.2) is 42.1 Å². The number of carbonyl (C=O) groups excluding carboxylic acids is 1. The van der Waals surface area contributed by atoms with E-state index in [2.05, 4.69) is 32.6 Å². The molecule has 1 aromatic heterocycles. The molecule has 2 aromatic carbocycles. The normalized spacial score (nSPS) is 24.3. The fourth-order valence-corrected chi connectivity index (χ4v) is 5.44. The topological polar surface area (TPSA) is 70.2 Å². The molecule has 166 valence electrons. The summed E-state index contributed by atoms with van der Waals surface area (Å²) >= 11 is 3.48. The first kappa shape index (κ1) is 21.2. The number of amides is 1. The summed E-state index contributed by atoms with van der Waals surface area (Å²) in [5, 5.41) is 7.90. The van der Waals surface area contributed by atoms with Crippen molar-refractivity contribution in [1.29, 1.82) is 0 Å².